The van der Waals surface area contributed by atoms with Gasteiger partial charge in [0.15, 0.2) is 17.7 Å². The van der Waals surface area contributed by atoms with E-state index < -0.39 is 11.9 Å². The van der Waals surface area contributed by atoms with Crippen molar-refractivity contribution >= 4 is 40.0 Å². The number of hydrogen-bond acceptors (Lipinski definition) is 2. The summed E-state index contributed by atoms with van der Waals surface area (Å²) in [5, 5.41) is 4.60. The van der Waals surface area contributed by atoms with Crippen LogP contribution in [-0.2, 0) is 11.3 Å². The lowest BCUT2D eigenvalue weighted by atomic mass is 10.2. The third-order valence-corrected chi connectivity index (χ3v) is 4.51. The van der Waals surface area contributed by atoms with Crippen LogP contribution >= 0.6 is 23.2 Å². The average Bonchev–Trinajstić information content (AvgIpc) is 3.04. The molecule has 7 heteroatoms. The van der Waals surface area contributed by atoms with Gasteiger partial charge in [0, 0.05) is 26.6 Å². The van der Waals surface area contributed by atoms with Crippen molar-refractivity contribution < 1.29 is 13.9 Å². The number of hydrogen-bond donors (Lipinski definition) is 2. The second-order valence-corrected chi connectivity index (χ2v) is 6.65. The van der Waals surface area contributed by atoms with Gasteiger partial charge in [-0.05, 0) is 42.8 Å². The lowest BCUT2D eigenvalue weighted by Crippen LogP contribution is -2.37. The molecule has 1 unspecified atom stereocenters. The Hall–Kier alpha value is -2.24. The molecular formula is C19H17Cl2FN2O2. The summed E-state index contributed by atoms with van der Waals surface area (Å²) in [6.45, 7) is 2.08. The summed E-state index contributed by atoms with van der Waals surface area (Å²) in [4.78, 5) is 15.6. The number of benzene rings is 2. The summed E-state index contributed by atoms with van der Waals surface area (Å²) in [6, 6.07) is 11.5. The molecule has 1 amide bonds. The van der Waals surface area contributed by atoms with Crippen molar-refractivity contribution in [1.29, 1.82) is 0 Å². The van der Waals surface area contributed by atoms with E-state index >= 15 is 0 Å². The van der Waals surface area contributed by atoms with E-state index in [0.717, 1.165) is 22.7 Å². The number of fused-ring (bicyclic) bond motifs is 1. The van der Waals surface area contributed by atoms with Gasteiger partial charge in [-0.2, -0.15) is 0 Å². The fourth-order valence-electron chi connectivity index (χ4n) is 2.61. The number of nitrogens with one attached hydrogen (secondary N) is 2. The topological polar surface area (TPSA) is 54.1 Å². The van der Waals surface area contributed by atoms with Gasteiger partial charge in [0.05, 0.1) is 6.54 Å². The quantitative estimate of drug-likeness (QED) is 0.611. The maximum Gasteiger partial charge on any atom is 0.261 e. The number of carbonyl (C=O) groups excluding carboxylic acids is 1. The van der Waals surface area contributed by atoms with Gasteiger partial charge in [0.25, 0.3) is 5.91 Å². The Morgan fingerprint density at radius 3 is 2.77 bits per heavy atom. The maximum absolute atomic E-state index is 13.9. The molecule has 0 aliphatic carbocycles. The summed E-state index contributed by atoms with van der Waals surface area (Å²) >= 11 is 11.9. The molecule has 0 saturated carbocycles. The molecule has 0 aliphatic heterocycles. The molecule has 136 valence electrons. The van der Waals surface area contributed by atoms with Gasteiger partial charge in [0.1, 0.15) is 0 Å². The number of amides is 1. The highest BCUT2D eigenvalue weighted by Crippen LogP contribution is 2.24. The molecule has 1 atom stereocenters. The Kier molecular flexibility index (Phi) is 5.69. The van der Waals surface area contributed by atoms with E-state index in [1.165, 1.54) is 12.1 Å². The minimum Gasteiger partial charge on any atom is -0.478 e. The highest BCUT2D eigenvalue weighted by Gasteiger charge is 2.20. The van der Waals surface area contributed by atoms with E-state index in [-0.39, 0.29) is 23.2 Å². The van der Waals surface area contributed by atoms with Gasteiger partial charge in [-0.15, -0.1) is 0 Å². The largest absolute Gasteiger partial charge is 0.478 e. The zero-order chi connectivity index (χ0) is 18.7. The first-order chi connectivity index (χ1) is 12.5. The van der Waals surface area contributed by atoms with E-state index in [0.29, 0.717) is 11.4 Å². The maximum atomic E-state index is 13.9. The second-order valence-electron chi connectivity index (χ2n) is 5.80. The number of halogens is 3. The Morgan fingerprint density at radius 1 is 1.27 bits per heavy atom. The predicted molar refractivity (Wildman–Crippen MR) is 101 cm³/mol. The Balaban J connectivity index is 1.65. The molecule has 2 N–H and O–H groups in total. The van der Waals surface area contributed by atoms with Gasteiger partial charge in [-0.3, -0.25) is 4.79 Å². The molecule has 3 rings (SSSR count). The molecule has 0 spiro atoms. The average molecular weight is 395 g/mol. The van der Waals surface area contributed by atoms with Gasteiger partial charge >= 0.3 is 0 Å². The van der Waals surface area contributed by atoms with Crippen LogP contribution in [0.4, 0.5) is 4.39 Å². The van der Waals surface area contributed by atoms with Gasteiger partial charge < -0.3 is 15.0 Å². The Bertz CT molecular complexity index is 942. The summed E-state index contributed by atoms with van der Waals surface area (Å²) < 4.78 is 19.4. The van der Waals surface area contributed by atoms with Gasteiger partial charge in [0.2, 0.25) is 0 Å². The minimum absolute atomic E-state index is 0.00575. The van der Waals surface area contributed by atoms with Crippen molar-refractivity contribution in [2.75, 3.05) is 0 Å². The van der Waals surface area contributed by atoms with Crippen molar-refractivity contribution in [2.24, 2.45) is 0 Å². The number of rotatable bonds is 6. The van der Waals surface area contributed by atoms with Crippen LogP contribution in [-0.4, -0.2) is 17.0 Å². The summed E-state index contributed by atoms with van der Waals surface area (Å²) in [5.41, 5.74) is 1.71. The summed E-state index contributed by atoms with van der Waals surface area (Å²) in [6.07, 6.45) is -0.412. The predicted octanol–water partition coefficient (Wildman–Crippen LogP) is 5.09. The van der Waals surface area contributed by atoms with Crippen LogP contribution in [0.2, 0.25) is 10.0 Å². The lowest BCUT2D eigenvalue weighted by Gasteiger charge is -2.17. The smallest absolute Gasteiger partial charge is 0.261 e. The number of carbonyl (C=O) groups is 1. The molecule has 0 saturated heterocycles. The fourth-order valence-corrected chi connectivity index (χ4v) is 3.00. The van der Waals surface area contributed by atoms with E-state index in [9.17, 15) is 9.18 Å². The molecule has 3 aromatic rings. The van der Waals surface area contributed by atoms with E-state index in [2.05, 4.69) is 10.3 Å². The van der Waals surface area contributed by atoms with Crippen molar-refractivity contribution in [1.82, 2.24) is 10.3 Å². The van der Waals surface area contributed by atoms with Gasteiger partial charge in [-0.25, -0.2) is 4.39 Å². The zero-order valence-corrected chi connectivity index (χ0v) is 15.5. The lowest BCUT2D eigenvalue weighted by molar-refractivity contribution is -0.128. The zero-order valence-electron chi connectivity index (χ0n) is 14.0. The van der Waals surface area contributed by atoms with Crippen molar-refractivity contribution in [3.05, 3.63) is 64.0 Å². The third-order valence-electron chi connectivity index (χ3n) is 3.95. The van der Waals surface area contributed by atoms with Crippen LogP contribution in [0.25, 0.3) is 10.9 Å². The third kappa shape index (κ3) is 4.11. The minimum atomic E-state index is -0.807. The molecule has 0 aliphatic rings. The molecule has 26 heavy (non-hydrogen) atoms. The molecule has 0 bridgehead atoms. The van der Waals surface area contributed by atoms with E-state index in [1.54, 1.807) is 6.92 Å². The molecule has 0 radical (unpaired) electrons. The monoisotopic (exact) mass is 394 g/mol. The molecule has 0 fully saturated rings. The van der Waals surface area contributed by atoms with Crippen LogP contribution in [0.5, 0.6) is 5.75 Å². The summed E-state index contributed by atoms with van der Waals surface area (Å²) in [7, 11) is 0. The summed E-state index contributed by atoms with van der Waals surface area (Å²) in [5.74, 6) is -0.936. The standard InChI is InChI=1S/C19H17Cl2FN2O2/c1-2-17(26-18-7-6-11(20)8-15(18)22)19(25)23-10-12-9-13-14(21)4-3-5-16(13)24-12/h3-9,17,24H,2,10H2,1H3,(H,23,25). The molecule has 1 heterocycles. The normalized spacial score (nSPS) is 12.2. The number of ether oxygens (including phenoxy) is 1. The first kappa shape index (κ1) is 18.5. The SMILES string of the molecule is CCC(Oc1ccc(Cl)cc1F)C(=O)NCc1cc2c(Cl)cccc2[nH]1. The molecular weight excluding hydrogens is 378 g/mol. The second kappa shape index (κ2) is 7.98. The molecule has 1 aromatic heterocycles. The Morgan fingerprint density at radius 2 is 2.08 bits per heavy atom. The van der Waals surface area contributed by atoms with Crippen molar-refractivity contribution in [3.63, 3.8) is 0 Å². The van der Waals surface area contributed by atoms with Crippen LogP contribution in [0.1, 0.15) is 19.0 Å². The highest BCUT2D eigenvalue weighted by molar-refractivity contribution is 6.35. The highest BCUT2D eigenvalue weighted by atomic mass is 35.5. The van der Waals surface area contributed by atoms with Crippen LogP contribution in [0.3, 0.4) is 0 Å². The first-order valence-corrected chi connectivity index (χ1v) is 8.89. The van der Waals surface area contributed by atoms with Crippen LogP contribution < -0.4 is 10.1 Å². The molecule has 4 nitrogen and oxygen atoms in total. The number of H-pyrrole nitrogens is 1. The Labute approximate surface area is 160 Å². The van der Waals surface area contributed by atoms with Crippen molar-refractivity contribution in [2.45, 2.75) is 26.0 Å². The number of aromatic amines is 1. The van der Waals surface area contributed by atoms with E-state index in [4.69, 9.17) is 27.9 Å². The fraction of sp³-hybridized carbons (Fsp3) is 0.211. The van der Waals surface area contributed by atoms with Crippen molar-refractivity contribution in [3.8, 4) is 5.75 Å². The van der Waals surface area contributed by atoms with Gasteiger partial charge in [-0.1, -0.05) is 36.2 Å². The molecule has 2 aromatic carbocycles. The number of aromatic nitrogens is 1. The van der Waals surface area contributed by atoms with Crippen LogP contribution in [0, 0.1) is 5.82 Å². The van der Waals surface area contributed by atoms with Crippen LogP contribution in [0.15, 0.2) is 42.5 Å². The van der Waals surface area contributed by atoms with E-state index in [1.807, 2.05) is 24.3 Å². The first-order valence-electron chi connectivity index (χ1n) is 8.13.